The van der Waals surface area contributed by atoms with Crippen molar-refractivity contribution < 1.29 is 43.5 Å². The van der Waals surface area contributed by atoms with Crippen LogP contribution in [0.1, 0.15) is 71.6 Å². The Labute approximate surface area is 329 Å². The Bertz CT molecular complexity index is 1970. The van der Waals surface area contributed by atoms with Crippen molar-refractivity contribution >= 4 is 58.1 Å². The monoisotopic (exact) mass is 792 g/mol. The van der Waals surface area contributed by atoms with E-state index in [4.69, 9.17) is 5.73 Å². The number of nitrogens with one attached hydrogen (secondary N) is 6. The van der Waals surface area contributed by atoms with Gasteiger partial charge in [0.05, 0.1) is 11.7 Å². The third-order valence-electron chi connectivity index (χ3n) is 9.63. The molecule has 9 N–H and O–H groups in total. The van der Waals surface area contributed by atoms with E-state index >= 15 is 0 Å². The fourth-order valence-corrected chi connectivity index (χ4v) is 6.57. The molecule has 0 saturated carbocycles. The second-order valence-corrected chi connectivity index (χ2v) is 15.2. The molecular formula is C38H52N10O9. The number of nitrogens with zero attached hydrogens (tertiary/aromatic N) is 3. The minimum absolute atomic E-state index is 0.0189. The van der Waals surface area contributed by atoms with Crippen LogP contribution in [0.5, 0.6) is 0 Å². The molecule has 308 valence electrons. The van der Waals surface area contributed by atoms with Gasteiger partial charge in [-0.15, -0.1) is 5.10 Å². The van der Waals surface area contributed by atoms with Gasteiger partial charge in [-0.2, -0.15) is 0 Å². The maximum Gasteiger partial charge on any atom is 0.303 e. The van der Waals surface area contributed by atoms with Crippen molar-refractivity contribution in [2.45, 2.75) is 110 Å². The summed E-state index contributed by atoms with van der Waals surface area (Å²) in [5, 5.41) is 31.2. The second kappa shape index (κ2) is 19.6. The van der Waals surface area contributed by atoms with Gasteiger partial charge in [0.1, 0.15) is 30.7 Å². The van der Waals surface area contributed by atoms with Gasteiger partial charge in [0, 0.05) is 48.5 Å². The Balaban J connectivity index is 1.75. The number of hydrogen-bond donors (Lipinski definition) is 8. The molecule has 3 heterocycles. The molecule has 2 bridgehead atoms. The first-order chi connectivity index (χ1) is 26.9. The predicted octanol–water partition coefficient (Wildman–Crippen LogP) is -0.370. The van der Waals surface area contributed by atoms with Crippen LogP contribution in [0.3, 0.4) is 0 Å². The van der Waals surface area contributed by atoms with Crippen molar-refractivity contribution in [3.8, 4) is 0 Å². The molecule has 3 aromatic rings. The Morgan fingerprint density at radius 3 is 2.26 bits per heavy atom. The van der Waals surface area contributed by atoms with E-state index in [0.717, 1.165) is 15.6 Å². The lowest BCUT2D eigenvalue weighted by Crippen LogP contribution is -2.57. The van der Waals surface area contributed by atoms with E-state index in [2.05, 4.69) is 41.9 Å². The molecule has 1 aliphatic heterocycles. The first kappa shape index (κ1) is 43.6. The number of ketones is 1. The molecular weight excluding hydrogens is 740 g/mol. The number of benzene rings is 1. The summed E-state index contributed by atoms with van der Waals surface area (Å²) in [4.78, 5) is 109. The van der Waals surface area contributed by atoms with Gasteiger partial charge in [-0.1, -0.05) is 51.1 Å². The van der Waals surface area contributed by atoms with Gasteiger partial charge in [0.2, 0.25) is 35.4 Å². The second-order valence-electron chi connectivity index (χ2n) is 15.2. The van der Waals surface area contributed by atoms with E-state index in [1.807, 2.05) is 38.1 Å². The number of carbonyl (C=O) groups excluding carboxylic acids is 7. The smallest absolute Gasteiger partial charge is 0.303 e. The van der Waals surface area contributed by atoms with E-state index < -0.39 is 102 Å². The van der Waals surface area contributed by atoms with Crippen LogP contribution in [0.15, 0.2) is 36.7 Å². The SMILES string of the molecule is CC(C)C[C@@H]1NC(=O)[C@@H](C(C)C)NC(=O)[C@H](C)NC(=O)Cn2cc(nn2)C[C@@H](C(N)=O)NC(=O)[C@@H](CCC(=O)O)NC(=O)[C@@H](Cc2c[nH]c3ccccc23)CC1=O. The van der Waals surface area contributed by atoms with Crippen molar-refractivity contribution in [3.05, 3.63) is 47.9 Å². The average molecular weight is 793 g/mol. The first-order valence-corrected chi connectivity index (χ1v) is 18.9. The van der Waals surface area contributed by atoms with Gasteiger partial charge in [-0.25, -0.2) is 4.68 Å². The molecule has 1 aliphatic rings. The number of primary amides is 1. The normalized spacial score (nSPS) is 23.7. The standard InChI is InChI=1S/C38H52N10O9/c1-19(2)12-28-30(49)14-22(13-23-16-40-26-9-7-6-8-25(23)26)36(55)42-27(10-11-32(51)52)37(56)44-29(34(39)53)15-24-17-48(47-46-24)18-31(50)41-21(5)35(54)45-33(20(3)4)38(57)43-28/h6-9,16-17,19-22,27-29,33,40H,10-15,18H2,1-5H3,(H2,39,53)(H,41,50)(H,42,55)(H,43,57)(H,44,56)(H,45,54)(H,51,52)/t21-,22-,27+,28-,29-,33+/m0/s1. The Hall–Kier alpha value is -6.14. The van der Waals surface area contributed by atoms with Gasteiger partial charge in [0.25, 0.3) is 0 Å². The number of nitrogens with two attached hydrogens (primary N) is 1. The third-order valence-corrected chi connectivity index (χ3v) is 9.63. The van der Waals surface area contributed by atoms with Gasteiger partial charge in [-0.05, 0) is 49.7 Å². The number of fused-ring (bicyclic) bond motifs is 3. The largest absolute Gasteiger partial charge is 0.481 e. The lowest BCUT2D eigenvalue weighted by Gasteiger charge is -2.28. The number of carboxylic acid groups (broad SMARTS) is 1. The summed E-state index contributed by atoms with van der Waals surface area (Å²) in [6.45, 7) is 8.19. The first-order valence-electron chi connectivity index (χ1n) is 18.9. The van der Waals surface area contributed by atoms with Crippen LogP contribution in [0, 0.1) is 17.8 Å². The van der Waals surface area contributed by atoms with Crippen molar-refractivity contribution in [3.63, 3.8) is 0 Å². The van der Waals surface area contributed by atoms with Crippen LogP contribution in [-0.4, -0.2) is 102 Å². The maximum absolute atomic E-state index is 14.2. The van der Waals surface area contributed by atoms with Crippen molar-refractivity contribution in [2.75, 3.05) is 0 Å². The number of para-hydroxylation sites is 1. The Morgan fingerprint density at radius 1 is 0.895 bits per heavy atom. The van der Waals surface area contributed by atoms with Gasteiger partial charge < -0.3 is 42.4 Å². The molecule has 4 rings (SSSR count). The predicted molar refractivity (Wildman–Crippen MR) is 205 cm³/mol. The molecule has 0 spiro atoms. The van der Waals surface area contributed by atoms with Crippen LogP contribution < -0.4 is 32.3 Å². The van der Waals surface area contributed by atoms with Crippen LogP contribution >= 0.6 is 0 Å². The van der Waals surface area contributed by atoms with E-state index in [9.17, 15) is 43.5 Å². The topological polar surface area (TPSA) is 289 Å². The molecule has 0 fully saturated rings. The molecule has 0 aliphatic carbocycles. The molecule has 6 amide bonds. The number of aliphatic carboxylic acids is 1. The molecule has 0 unspecified atom stereocenters. The number of rotatable bonds is 9. The summed E-state index contributed by atoms with van der Waals surface area (Å²) < 4.78 is 1.14. The minimum atomic E-state index is -1.47. The quantitative estimate of drug-likeness (QED) is 0.138. The summed E-state index contributed by atoms with van der Waals surface area (Å²) in [5.41, 5.74) is 7.25. The van der Waals surface area contributed by atoms with E-state index in [1.54, 1.807) is 20.0 Å². The minimum Gasteiger partial charge on any atom is -0.481 e. The lowest BCUT2D eigenvalue weighted by atomic mass is 9.88. The fourth-order valence-electron chi connectivity index (χ4n) is 6.57. The molecule has 0 radical (unpaired) electrons. The fraction of sp³-hybridized carbons (Fsp3) is 0.526. The average Bonchev–Trinajstić information content (AvgIpc) is 3.76. The van der Waals surface area contributed by atoms with Crippen LogP contribution in [-0.2, 0) is 57.7 Å². The number of aromatic amines is 1. The number of carboxylic acids is 1. The van der Waals surface area contributed by atoms with E-state index in [-0.39, 0.29) is 43.8 Å². The summed E-state index contributed by atoms with van der Waals surface area (Å²) in [7, 11) is 0. The highest BCUT2D eigenvalue weighted by Crippen LogP contribution is 2.24. The number of carbonyl (C=O) groups is 8. The molecule has 6 atom stereocenters. The number of hydrogen-bond acceptors (Lipinski definition) is 10. The number of aromatic nitrogens is 4. The van der Waals surface area contributed by atoms with E-state index in [0.29, 0.717) is 5.56 Å². The summed E-state index contributed by atoms with van der Waals surface area (Å²) in [6.07, 6.45) is 1.70. The zero-order valence-electron chi connectivity index (χ0n) is 32.7. The number of amides is 6. The summed E-state index contributed by atoms with van der Waals surface area (Å²) >= 11 is 0. The number of H-pyrrole nitrogens is 1. The maximum atomic E-state index is 14.2. The molecule has 1 aromatic carbocycles. The van der Waals surface area contributed by atoms with Gasteiger partial charge >= 0.3 is 5.97 Å². The lowest BCUT2D eigenvalue weighted by molar-refractivity contribution is -0.139. The zero-order valence-corrected chi connectivity index (χ0v) is 32.7. The Morgan fingerprint density at radius 2 is 1.60 bits per heavy atom. The third kappa shape index (κ3) is 12.4. The molecule has 57 heavy (non-hydrogen) atoms. The van der Waals surface area contributed by atoms with E-state index in [1.165, 1.54) is 13.1 Å². The summed E-state index contributed by atoms with van der Waals surface area (Å²) in [6, 6.07) is 1.22. The molecule has 0 saturated heterocycles. The highest BCUT2D eigenvalue weighted by Gasteiger charge is 2.35. The van der Waals surface area contributed by atoms with Crippen molar-refractivity contribution in [1.82, 2.24) is 46.6 Å². The van der Waals surface area contributed by atoms with Gasteiger partial charge in [-0.3, -0.25) is 38.4 Å². The van der Waals surface area contributed by atoms with Crippen LogP contribution in [0.25, 0.3) is 10.9 Å². The highest BCUT2D eigenvalue weighted by molar-refractivity contribution is 5.97. The van der Waals surface area contributed by atoms with Crippen LogP contribution in [0.4, 0.5) is 0 Å². The van der Waals surface area contributed by atoms with Crippen molar-refractivity contribution in [1.29, 1.82) is 0 Å². The summed E-state index contributed by atoms with van der Waals surface area (Å²) in [5.74, 6) is -7.93. The number of Topliss-reactive ketones (excluding diaryl/α,β-unsaturated/α-hetero) is 1. The van der Waals surface area contributed by atoms with Gasteiger partial charge in [0.15, 0.2) is 5.78 Å². The van der Waals surface area contributed by atoms with Crippen molar-refractivity contribution in [2.24, 2.45) is 23.5 Å². The Kier molecular flexibility index (Phi) is 15.0. The molecule has 19 nitrogen and oxygen atoms in total. The van der Waals surface area contributed by atoms with Crippen LogP contribution in [0.2, 0.25) is 0 Å². The molecule has 2 aromatic heterocycles. The highest BCUT2D eigenvalue weighted by atomic mass is 16.4. The molecule has 19 heteroatoms. The zero-order chi connectivity index (χ0) is 42.0.